The monoisotopic (exact) mass is 407 g/mol. The molecule has 0 aliphatic carbocycles. The first-order valence-corrected chi connectivity index (χ1v) is 9.61. The van der Waals surface area contributed by atoms with E-state index in [2.05, 4.69) is 10.3 Å². The van der Waals surface area contributed by atoms with E-state index < -0.39 is 0 Å². The highest BCUT2D eigenvalue weighted by molar-refractivity contribution is 7.99. The number of nitrogens with zero attached hydrogens (tertiary/aromatic N) is 2. The first-order chi connectivity index (χ1) is 12.5. The number of carbonyl (C=O) groups excluding carboxylic acids is 1. The number of amides is 1. The summed E-state index contributed by atoms with van der Waals surface area (Å²) in [7, 11) is 0. The van der Waals surface area contributed by atoms with E-state index >= 15 is 0 Å². The molecule has 0 fully saturated rings. The van der Waals surface area contributed by atoms with Gasteiger partial charge in [-0.05, 0) is 31.2 Å². The lowest BCUT2D eigenvalue weighted by Gasteiger charge is -2.12. The molecule has 0 atom stereocenters. The quantitative estimate of drug-likeness (QED) is 0.500. The van der Waals surface area contributed by atoms with Gasteiger partial charge in [0.25, 0.3) is 5.56 Å². The largest absolute Gasteiger partial charge is 0.323 e. The van der Waals surface area contributed by atoms with E-state index in [0.717, 1.165) is 0 Å². The second-order valence-corrected chi connectivity index (χ2v) is 7.15. The van der Waals surface area contributed by atoms with Crippen LogP contribution in [0.25, 0.3) is 10.9 Å². The van der Waals surface area contributed by atoms with Crippen LogP contribution in [0.3, 0.4) is 0 Å². The minimum atomic E-state index is -0.282. The number of halogens is 2. The third-order valence-electron chi connectivity index (χ3n) is 3.70. The molecule has 1 aromatic heterocycles. The third-order valence-corrected chi connectivity index (χ3v) is 5.31. The van der Waals surface area contributed by atoms with Gasteiger partial charge in [0.05, 0.1) is 32.4 Å². The Morgan fingerprint density at radius 1 is 1.15 bits per heavy atom. The van der Waals surface area contributed by atoms with Crippen molar-refractivity contribution in [2.24, 2.45) is 0 Å². The molecule has 0 bridgehead atoms. The van der Waals surface area contributed by atoms with Crippen molar-refractivity contribution in [2.75, 3.05) is 11.1 Å². The van der Waals surface area contributed by atoms with E-state index in [1.54, 1.807) is 41.0 Å². The summed E-state index contributed by atoms with van der Waals surface area (Å²) >= 11 is 13.3. The van der Waals surface area contributed by atoms with Crippen LogP contribution in [0.4, 0.5) is 5.69 Å². The van der Waals surface area contributed by atoms with E-state index in [-0.39, 0.29) is 17.2 Å². The van der Waals surface area contributed by atoms with Gasteiger partial charge in [-0.1, -0.05) is 53.2 Å². The predicted octanol–water partition coefficient (Wildman–Crippen LogP) is 4.45. The normalized spacial score (nSPS) is 10.9. The topological polar surface area (TPSA) is 64.0 Å². The predicted molar refractivity (Wildman–Crippen MR) is 107 cm³/mol. The molecule has 3 rings (SSSR count). The molecule has 0 saturated carbocycles. The fourth-order valence-corrected chi connectivity index (χ4v) is 3.81. The maximum atomic E-state index is 12.6. The lowest BCUT2D eigenvalue weighted by atomic mass is 10.2. The Morgan fingerprint density at radius 3 is 2.54 bits per heavy atom. The summed E-state index contributed by atoms with van der Waals surface area (Å²) in [5.74, 6) is -0.207. The molecular weight excluding hydrogens is 393 g/mol. The van der Waals surface area contributed by atoms with Crippen LogP contribution in [0.2, 0.25) is 10.0 Å². The van der Waals surface area contributed by atoms with Crippen molar-refractivity contribution in [1.82, 2.24) is 9.55 Å². The number of carbonyl (C=O) groups is 1. The first-order valence-electron chi connectivity index (χ1n) is 7.87. The van der Waals surface area contributed by atoms with Crippen molar-refractivity contribution in [3.63, 3.8) is 0 Å². The minimum Gasteiger partial charge on any atom is -0.323 e. The Balaban J connectivity index is 1.81. The summed E-state index contributed by atoms with van der Waals surface area (Å²) in [5, 5.41) is 4.49. The van der Waals surface area contributed by atoms with Crippen molar-refractivity contribution in [1.29, 1.82) is 0 Å². The average Bonchev–Trinajstić information content (AvgIpc) is 2.63. The smallest absolute Gasteiger partial charge is 0.262 e. The van der Waals surface area contributed by atoms with Gasteiger partial charge >= 0.3 is 0 Å². The van der Waals surface area contributed by atoms with Crippen LogP contribution in [0.1, 0.15) is 6.92 Å². The molecule has 8 heteroatoms. The molecule has 3 aromatic rings. The van der Waals surface area contributed by atoms with Gasteiger partial charge in [0.2, 0.25) is 5.91 Å². The van der Waals surface area contributed by atoms with Crippen LogP contribution in [0, 0.1) is 0 Å². The molecule has 0 spiro atoms. The zero-order valence-electron chi connectivity index (χ0n) is 13.8. The summed E-state index contributed by atoms with van der Waals surface area (Å²) in [6.45, 7) is 2.34. The molecule has 0 unspecified atom stereocenters. The molecule has 1 heterocycles. The Hall–Kier alpha value is -2.02. The average molecular weight is 408 g/mol. The van der Waals surface area contributed by atoms with Gasteiger partial charge in [-0.2, -0.15) is 0 Å². The number of nitrogens with one attached hydrogen (secondary N) is 1. The maximum Gasteiger partial charge on any atom is 0.262 e. The molecule has 0 aliphatic heterocycles. The number of thioether (sulfide) groups is 1. The van der Waals surface area contributed by atoms with Crippen LogP contribution >= 0.6 is 35.0 Å². The van der Waals surface area contributed by atoms with Crippen LogP contribution in [-0.2, 0) is 11.3 Å². The first kappa shape index (κ1) is 18.8. The Kier molecular flexibility index (Phi) is 5.86. The lowest BCUT2D eigenvalue weighted by Crippen LogP contribution is -2.23. The molecule has 1 N–H and O–H groups in total. The molecular formula is C18H15Cl2N3O2S. The van der Waals surface area contributed by atoms with E-state index in [1.807, 2.05) is 13.0 Å². The number of hydrogen-bond donors (Lipinski definition) is 1. The van der Waals surface area contributed by atoms with Crippen LogP contribution in [0.5, 0.6) is 0 Å². The van der Waals surface area contributed by atoms with E-state index in [9.17, 15) is 9.59 Å². The molecule has 0 aliphatic rings. The number of anilines is 1. The fraction of sp³-hybridized carbons (Fsp3) is 0.167. The second-order valence-electron chi connectivity index (χ2n) is 5.39. The van der Waals surface area contributed by atoms with Gasteiger partial charge in [-0.3, -0.25) is 14.2 Å². The number of fused-ring (bicyclic) bond motifs is 1. The van der Waals surface area contributed by atoms with Crippen molar-refractivity contribution < 1.29 is 4.79 Å². The summed E-state index contributed by atoms with van der Waals surface area (Å²) in [6.07, 6.45) is 0. The second kappa shape index (κ2) is 8.12. The summed E-state index contributed by atoms with van der Waals surface area (Å²) in [5.41, 5.74) is 0.871. The number of rotatable bonds is 5. The molecule has 1 amide bonds. The van der Waals surface area contributed by atoms with E-state index in [0.29, 0.717) is 38.3 Å². The van der Waals surface area contributed by atoms with Crippen LogP contribution in [-0.4, -0.2) is 21.2 Å². The van der Waals surface area contributed by atoms with Crippen LogP contribution < -0.4 is 10.9 Å². The Bertz CT molecular complexity index is 1020. The summed E-state index contributed by atoms with van der Waals surface area (Å²) < 4.78 is 1.56. The SMILES string of the molecule is CCn1c(SCC(=O)Nc2c(Cl)cccc2Cl)nc2ccccc2c1=O. The number of para-hydroxylation sites is 2. The maximum absolute atomic E-state index is 12.6. The minimum absolute atomic E-state index is 0.0757. The Labute approximate surface area is 164 Å². The molecule has 0 saturated heterocycles. The molecule has 5 nitrogen and oxygen atoms in total. The molecule has 26 heavy (non-hydrogen) atoms. The van der Waals surface area contributed by atoms with Gasteiger partial charge in [-0.15, -0.1) is 0 Å². The van der Waals surface area contributed by atoms with E-state index in [1.165, 1.54) is 11.8 Å². The van der Waals surface area contributed by atoms with Crippen molar-refractivity contribution in [2.45, 2.75) is 18.6 Å². The van der Waals surface area contributed by atoms with Crippen molar-refractivity contribution in [3.8, 4) is 0 Å². The lowest BCUT2D eigenvalue weighted by molar-refractivity contribution is -0.113. The standard InChI is InChI=1S/C18H15Cl2N3O2S/c1-2-23-17(25)11-6-3-4-9-14(11)21-18(23)26-10-15(24)22-16-12(19)7-5-8-13(16)20/h3-9H,2,10H2,1H3,(H,22,24). The molecule has 0 radical (unpaired) electrons. The van der Waals surface area contributed by atoms with Crippen molar-refractivity contribution in [3.05, 3.63) is 62.9 Å². The highest BCUT2D eigenvalue weighted by atomic mass is 35.5. The summed E-state index contributed by atoms with van der Waals surface area (Å²) in [6, 6.07) is 12.2. The number of aromatic nitrogens is 2. The zero-order valence-corrected chi connectivity index (χ0v) is 16.2. The van der Waals surface area contributed by atoms with Gasteiger partial charge in [0, 0.05) is 6.54 Å². The zero-order chi connectivity index (χ0) is 18.7. The van der Waals surface area contributed by atoms with E-state index in [4.69, 9.17) is 23.2 Å². The van der Waals surface area contributed by atoms with Gasteiger partial charge in [0.15, 0.2) is 5.16 Å². The van der Waals surface area contributed by atoms with Gasteiger partial charge in [-0.25, -0.2) is 4.98 Å². The highest BCUT2D eigenvalue weighted by Crippen LogP contribution is 2.30. The molecule has 134 valence electrons. The van der Waals surface area contributed by atoms with Crippen molar-refractivity contribution >= 4 is 57.5 Å². The number of benzene rings is 2. The molecule has 2 aromatic carbocycles. The van der Waals surface area contributed by atoms with Gasteiger partial charge in [0.1, 0.15) is 0 Å². The fourth-order valence-electron chi connectivity index (χ4n) is 2.46. The highest BCUT2D eigenvalue weighted by Gasteiger charge is 2.14. The third kappa shape index (κ3) is 3.87. The van der Waals surface area contributed by atoms with Crippen LogP contribution in [0.15, 0.2) is 52.4 Å². The number of hydrogen-bond acceptors (Lipinski definition) is 4. The van der Waals surface area contributed by atoms with Gasteiger partial charge < -0.3 is 5.32 Å². The Morgan fingerprint density at radius 2 is 1.85 bits per heavy atom. The summed E-state index contributed by atoms with van der Waals surface area (Å²) in [4.78, 5) is 29.4.